The van der Waals surface area contributed by atoms with E-state index in [1.807, 2.05) is 132 Å². The summed E-state index contributed by atoms with van der Waals surface area (Å²) >= 11 is 0. The van der Waals surface area contributed by atoms with Gasteiger partial charge in [0.1, 0.15) is 22.3 Å². The minimum Gasteiger partial charge on any atom is -0.456 e. The molecule has 0 spiro atoms. The van der Waals surface area contributed by atoms with Gasteiger partial charge >= 0.3 is 0 Å². The van der Waals surface area contributed by atoms with Crippen LogP contribution in [0.5, 0.6) is 0 Å². The highest BCUT2D eigenvalue weighted by Gasteiger charge is 2.23. The van der Waals surface area contributed by atoms with Crippen LogP contribution in [0.1, 0.15) is 8.22 Å². The van der Waals surface area contributed by atoms with E-state index in [1.54, 1.807) is 6.07 Å². The summed E-state index contributed by atoms with van der Waals surface area (Å²) in [4.78, 5) is 15.3. The Bertz CT molecular complexity index is 3820. The molecule has 0 aliphatic carbocycles. The second-order valence-corrected chi connectivity index (χ2v) is 13.9. The molecular formula is C51H30N4O2. The van der Waals surface area contributed by atoms with Crippen molar-refractivity contribution in [3.63, 3.8) is 0 Å². The van der Waals surface area contributed by atoms with Crippen LogP contribution in [0.4, 0.5) is 0 Å². The summed E-state index contributed by atoms with van der Waals surface area (Å²) in [5.74, 6) is 1.26. The molecule has 12 rings (SSSR count). The Hall–Kier alpha value is -7.83. The van der Waals surface area contributed by atoms with Gasteiger partial charge in [-0.3, -0.25) is 0 Å². The molecule has 12 aromatic rings. The third-order valence-corrected chi connectivity index (χ3v) is 10.6. The zero-order valence-electron chi connectivity index (χ0n) is 36.0. The summed E-state index contributed by atoms with van der Waals surface area (Å²) in [5, 5.41) is 3.45. The van der Waals surface area contributed by atoms with E-state index in [2.05, 4.69) is 0 Å². The Morgan fingerprint density at radius 3 is 1.93 bits per heavy atom. The van der Waals surface area contributed by atoms with Crippen LogP contribution in [0, 0.1) is 0 Å². The minimum atomic E-state index is -0.142. The van der Waals surface area contributed by atoms with Gasteiger partial charge in [0, 0.05) is 54.6 Å². The average molecular weight is 737 g/mol. The maximum atomic E-state index is 9.46. The lowest BCUT2D eigenvalue weighted by Crippen LogP contribution is -2.04. The van der Waals surface area contributed by atoms with Crippen molar-refractivity contribution in [2.24, 2.45) is 0 Å². The van der Waals surface area contributed by atoms with E-state index in [1.165, 1.54) is 12.1 Å². The van der Waals surface area contributed by atoms with Crippen LogP contribution < -0.4 is 0 Å². The first kappa shape index (κ1) is 26.1. The number of hydrogen-bond acceptors (Lipinski definition) is 5. The minimum absolute atomic E-state index is 0.00396. The molecule has 6 nitrogen and oxygen atoms in total. The molecule has 8 aromatic carbocycles. The molecule has 4 heterocycles. The van der Waals surface area contributed by atoms with Crippen molar-refractivity contribution in [1.82, 2.24) is 19.5 Å². The highest BCUT2D eigenvalue weighted by molar-refractivity contribution is 6.27. The van der Waals surface area contributed by atoms with E-state index >= 15 is 0 Å². The maximum absolute atomic E-state index is 9.46. The molecule has 0 unspecified atom stereocenters. The molecule has 0 aliphatic heterocycles. The standard InChI is InChI=1S/C51H30N4O2/c1-3-14-31(15-4-1)49-52-50(32-16-5-2-6-17-32)54-51(53-49)39-30-33(34-21-13-22-36-35-18-8-11-24-43(35)57-48(34)36)26-27-41(39)55-40-23-10-7-19-37(40)46-42(55)28-29-45-47(46)38-20-9-12-25-44(38)56-45/h1-30H/i7D,9D,19D,20D,23D,25D. The Morgan fingerprint density at radius 2 is 1.12 bits per heavy atom. The molecule has 0 amide bonds. The van der Waals surface area contributed by atoms with Crippen LogP contribution in [-0.4, -0.2) is 19.5 Å². The quantitative estimate of drug-likeness (QED) is 0.176. The maximum Gasteiger partial charge on any atom is 0.166 e. The Balaban J connectivity index is 1.24. The predicted octanol–water partition coefficient (Wildman–Crippen LogP) is 13.4. The molecule has 0 saturated heterocycles. The van der Waals surface area contributed by atoms with Crippen molar-refractivity contribution in [2.45, 2.75) is 0 Å². The molecule has 6 heteroatoms. The van der Waals surface area contributed by atoms with Gasteiger partial charge in [0.05, 0.1) is 24.9 Å². The van der Waals surface area contributed by atoms with E-state index in [9.17, 15) is 2.74 Å². The highest BCUT2D eigenvalue weighted by Crippen LogP contribution is 2.44. The molecule has 0 bridgehead atoms. The summed E-state index contributed by atoms with van der Waals surface area (Å²) in [7, 11) is 0. The topological polar surface area (TPSA) is 69.9 Å². The van der Waals surface area contributed by atoms with Gasteiger partial charge in [-0.2, -0.15) is 0 Å². The molecule has 0 fully saturated rings. The van der Waals surface area contributed by atoms with E-state index in [0.717, 1.165) is 44.2 Å². The van der Waals surface area contributed by atoms with Gasteiger partial charge in [-0.1, -0.05) is 139 Å². The first-order chi connectivity index (χ1) is 30.7. The molecule has 0 N–H and O–H groups in total. The number of aromatic nitrogens is 4. The summed E-state index contributed by atoms with van der Waals surface area (Å²) in [6.07, 6.45) is 0. The second kappa shape index (κ2) is 12.3. The summed E-state index contributed by atoms with van der Waals surface area (Å²) in [6.45, 7) is 0. The highest BCUT2D eigenvalue weighted by atomic mass is 16.3. The van der Waals surface area contributed by atoms with Crippen LogP contribution in [0.25, 0.3) is 117 Å². The first-order valence-corrected chi connectivity index (χ1v) is 18.5. The van der Waals surface area contributed by atoms with Crippen molar-refractivity contribution in [3.8, 4) is 51.0 Å². The van der Waals surface area contributed by atoms with Crippen LogP contribution in [0.3, 0.4) is 0 Å². The monoisotopic (exact) mass is 736 g/mol. The number of hydrogen-bond donors (Lipinski definition) is 0. The van der Waals surface area contributed by atoms with Gasteiger partial charge in [0.25, 0.3) is 0 Å². The first-order valence-electron chi connectivity index (χ1n) is 21.5. The molecule has 0 aliphatic rings. The molecular weight excluding hydrogens is 701 g/mol. The average Bonchev–Trinajstić information content (AvgIpc) is 4.01. The largest absolute Gasteiger partial charge is 0.456 e. The van der Waals surface area contributed by atoms with Gasteiger partial charge in [0.2, 0.25) is 0 Å². The molecule has 266 valence electrons. The zero-order chi connectivity index (χ0) is 42.7. The Labute approximate surface area is 334 Å². The van der Waals surface area contributed by atoms with E-state index in [4.69, 9.17) is 29.3 Å². The fourth-order valence-corrected chi connectivity index (χ4v) is 8.10. The smallest absolute Gasteiger partial charge is 0.166 e. The SMILES string of the molecule is [2H]c1cc([2H])c2oc3ccc4c(c5c([2H])c([2H])cc([2H])c5n4-c4ccc(-c5cccc6c5oc5ccccc56)cc4-c4nc(-c5ccccc5)nc(-c5ccccc5)n4)c3c2c1[2H]. The molecule has 0 saturated carbocycles. The summed E-state index contributed by atoms with van der Waals surface area (Å²) in [6, 6.07) is 45.1. The van der Waals surface area contributed by atoms with Gasteiger partial charge in [-0.25, -0.2) is 15.0 Å². The number of nitrogens with zero attached hydrogens (tertiary/aromatic N) is 4. The Kier molecular flexibility index (Phi) is 5.64. The van der Waals surface area contributed by atoms with Gasteiger partial charge < -0.3 is 13.4 Å². The van der Waals surface area contributed by atoms with E-state index < -0.39 is 0 Å². The molecule has 0 radical (unpaired) electrons. The van der Waals surface area contributed by atoms with Crippen LogP contribution in [0.2, 0.25) is 0 Å². The third kappa shape index (κ3) is 4.87. The second-order valence-electron chi connectivity index (χ2n) is 13.9. The lowest BCUT2D eigenvalue weighted by molar-refractivity contribution is 0.669. The molecule has 57 heavy (non-hydrogen) atoms. The van der Waals surface area contributed by atoms with Crippen molar-refractivity contribution in [3.05, 3.63) is 182 Å². The van der Waals surface area contributed by atoms with Crippen molar-refractivity contribution in [1.29, 1.82) is 0 Å². The van der Waals surface area contributed by atoms with Crippen LogP contribution in [-0.2, 0) is 0 Å². The number of benzene rings is 8. The van der Waals surface area contributed by atoms with Crippen molar-refractivity contribution >= 4 is 65.7 Å². The van der Waals surface area contributed by atoms with E-state index in [-0.39, 0.29) is 47.2 Å². The van der Waals surface area contributed by atoms with Gasteiger partial charge in [0.15, 0.2) is 17.5 Å². The number of furan rings is 2. The van der Waals surface area contributed by atoms with Gasteiger partial charge in [-0.15, -0.1) is 0 Å². The van der Waals surface area contributed by atoms with E-state index in [0.29, 0.717) is 61.5 Å². The van der Waals surface area contributed by atoms with Crippen molar-refractivity contribution in [2.75, 3.05) is 0 Å². The lowest BCUT2D eigenvalue weighted by atomic mass is 9.98. The van der Waals surface area contributed by atoms with Gasteiger partial charge in [-0.05, 0) is 48.0 Å². The number of para-hydroxylation sites is 4. The zero-order valence-corrected chi connectivity index (χ0v) is 30.0. The Morgan fingerprint density at radius 1 is 0.421 bits per heavy atom. The van der Waals surface area contributed by atoms with Crippen molar-refractivity contribution < 1.29 is 17.1 Å². The van der Waals surface area contributed by atoms with Crippen LogP contribution >= 0.6 is 0 Å². The fraction of sp³-hybridized carbons (Fsp3) is 0. The number of rotatable bonds is 5. The normalized spacial score (nSPS) is 13.3. The fourth-order valence-electron chi connectivity index (χ4n) is 8.10. The van der Waals surface area contributed by atoms with Crippen LogP contribution in [0.15, 0.2) is 191 Å². The predicted molar refractivity (Wildman–Crippen MR) is 230 cm³/mol. The number of fused-ring (bicyclic) bond motifs is 10. The molecule has 0 atom stereocenters. The molecule has 4 aromatic heterocycles. The third-order valence-electron chi connectivity index (χ3n) is 10.6. The summed E-state index contributed by atoms with van der Waals surface area (Å²) < 4.78 is 68.6. The summed E-state index contributed by atoms with van der Waals surface area (Å²) in [5.41, 5.74) is 7.30. The lowest BCUT2D eigenvalue weighted by Gasteiger charge is -2.16.